The standard InChI is InChI=1S/C26H21NO3S/c1-19-17-18-24(30-19)25-22-15-9-10-16-23(22)27(26(25)20-11-5-2-3-6-12-20)31(28,29)21-13-7-4-8-14-21/h2,4-18H,3H2,1H3. The molecule has 2 aromatic carbocycles. The number of rotatable bonds is 4. The zero-order chi connectivity index (χ0) is 21.4. The summed E-state index contributed by atoms with van der Waals surface area (Å²) < 4.78 is 35.3. The monoisotopic (exact) mass is 427 g/mol. The van der Waals surface area contributed by atoms with Crippen molar-refractivity contribution in [3.8, 4) is 11.3 Å². The lowest BCUT2D eigenvalue weighted by Crippen LogP contribution is -2.15. The predicted octanol–water partition coefficient (Wildman–Crippen LogP) is 6.35. The number of aryl methyl sites for hydroxylation is 1. The molecule has 2 aromatic heterocycles. The van der Waals surface area contributed by atoms with Gasteiger partial charge in [-0.25, -0.2) is 12.4 Å². The first-order valence-corrected chi connectivity index (χ1v) is 11.6. The molecule has 4 nitrogen and oxygen atoms in total. The van der Waals surface area contributed by atoms with Gasteiger partial charge < -0.3 is 4.42 Å². The fourth-order valence-electron chi connectivity index (χ4n) is 3.98. The van der Waals surface area contributed by atoms with Gasteiger partial charge in [0.15, 0.2) is 0 Å². The summed E-state index contributed by atoms with van der Waals surface area (Å²) in [5.74, 6) is 1.42. The summed E-state index contributed by atoms with van der Waals surface area (Å²) in [5, 5.41) is 0.828. The molecule has 0 N–H and O–H groups in total. The maximum absolute atomic E-state index is 13.9. The average molecular weight is 428 g/mol. The van der Waals surface area contributed by atoms with Gasteiger partial charge in [0, 0.05) is 5.39 Å². The quantitative estimate of drug-likeness (QED) is 0.381. The lowest BCUT2D eigenvalue weighted by molar-refractivity contribution is 0.548. The summed E-state index contributed by atoms with van der Waals surface area (Å²) in [4.78, 5) is 0.243. The molecule has 0 bridgehead atoms. The van der Waals surface area contributed by atoms with Crippen LogP contribution in [0.4, 0.5) is 0 Å². The Balaban J connectivity index is 1.95. The first kappa shape index (κ1) is 19.4. The fraction of sp³-hybridized carbons (Fsp3) is 0.0769. The third kappa shape index (κ3) is 3.27. The van der Waals surface area contributed by atoms with Gasteiger partial charge in [0.25, 0.3) is 10.0 Å². The Morgan fingerprint density at radius 1 is 0.903 bits per heavy atom. The van der Waals surface area contributed by atoms with Crippen molar-refractivity contribution in [3.63, 3.8) is 0 Å². The zero-order valence-corrected chi connectivity index (χ0v) is 17.8. The number of hydrogen-bond acceptors (Lipinski definition) is 3. The molecule has 2 heterocycles. The molecule has 0 aliphatic heterocycles. The Kier molecular flexibility index (Phi) is 4.75. The number of benzene rings is 2. The average Bonchev–Trinajstić information content (AvgIpc) is 3.24. The van der Waals surface area contributed by atoms with Gasteiger partial charge in [0.05, 0.1) is 21.7 Å². The highest BCUT2D eigenvalue weighted by Crippen LogP contribution is 2.41. The van der Waals surface area contributed by atoms with E-state index in [1.54, 1.807) is 24.3 Å². The van der Waals surface area contributed by atoms with Crippen LogP contribution in [0.25, 0.3) is 27.8 Å². The molecule has 4 aromatic rings. The van der Waals surface area contributed by atoms with Crippen molar-refractivity contribution in [3.05, 3.63) is 109 Å². The molecule has 154 valence electrons. The topological polar surface area (TPSA) is 52.2 Å². The van der Waals surface area contributed by atoms with Gasteiger partial charge >= 0.3 is 0 Å². The number of nitrogens with zero attached hydrogens (tertiary/aromatic N) is 1. The van der Waals surface area contributed by atoms with Crippen molar-refractivity contribution in [2.45, 2.75) is 18.2 Å². The first-order valence-electron chi connectivity index (χ1n) is 10.1. The molecule has 0 saturated carbocycles. The summed E-state index contributed by atoms with van der Waals surface area (Å²) >= 11 is 0. The number of hydrogen-bond donors (Lipinski definition) is 0. The largest absolute Gasteiger partial charge is 0.461 e. The fourth-order valence-corrected chi connectivity index (χ4v) is 5.54. The molecule has 1 aliphatic carbocycles. The number of fused-ring (bicyclic) bond motifs is 1. The molecule has 0 unspecified atom stereocenters. The van der Waals surface area contributed by atoms with E-state index < -0.39 is 10.0 Å². The number of allylic oxidation sites excluding steroid dienone is 6. The van der Waals surface area contributed by atoms with E-state index in [0.717, 1.165) is 28.7 Å². The highest BCUT2D eigenvalue weighted by molar-refractivity contribution is 7.90. The molecule has 0 fully saturated rings. The van der Waals surface area contributed by atoms with E-state index in [2.05, 4.69) is 0 Å². The molecule has 0 atom stereocenters. The van der Waals surface area contributed by atoms with Crippen molar-refractivity contribution in [1.82, 2.24) is 3.97 Å². The number of para-hydroxylation sites is 1. The van der Waals surface area contributed by atoms with Crippen LogP contribution in [-0.4, -0.2) is 12.4 Å². The third-order valence-electron chi connectivity index (χ3n) is 5.36. The Hall–Kier alpha value is -3.57. The van der Waals surface area contributed by atoms with Crippen molar-refractivity contribution in [2.24, 2.45) is 0 Å². The third-order valence-corrected chi connectivity index (χ3v) is 7.08. The van der Waals surface area contributed by atoms with Crippen molar-refractivity contribution in [1.29, 1.82) is 0 Å². The van der Waals surface area contributed by atoms with Gasteiger partial charge in [-0.2, -0.15) is 0 Å². The zero-order valence-electron chi connectivity index (χ0n) is 17.0. The first-order chi connectivity index (χ1) is 15.1. The van der Waals surface area contributed by atoms with Crippen LogP contribution >= 0.6 is 0 Å². The molecule has 0 radical (unpaired) electrons. The van der Waals surface area contributed by atoms with Crippen molar-refractivity contribution < 1.29 is 12.8 Å². The van der Waals surface area contributed by atoms with E-state index >= 15 is 0 Å². The Labute approximate surface area is 181 Å². The minimum absolute atomic E-state index is 0.243. The highest BCUT2D eigenvalue weighted by Gasteiger charge is 2.29. The molecule has 31 heavy (non-hydrogen) atoms. The van der Waals surface area contributed by atoms with E-state index in [9.17, 15) is 8.42 Å². The Morgan fingerprint density at radius 3 is 2.45 bits per heavy atom. The Bertz CT molecular complexity index is 1470. The normalized spacial score (nSPS) is 14.0. The van der Waals surface area contributed by atoms with E-state index in [1.807, 2.05) is 79.8 Å². The lowest BCUT2D eigenvalue weighted by atomic mass is 10.0. The van der Waals surface area contributed by atoms with Gasteiger partial charge in [-0.15, -0.1) is 0 Å². The van der Waals surface area contributed by atoms with Crippen molar-refractivity contribution >= 4 is 26.5 Å². The summed E-state index contributed by atoms with van der Waals surface area (Å²) in [6, 6.07) is 19.9. The number of aromatic nitrogens is 1. The van der Waals surface area contributed by atoms with E-state index in [0.29, 0.717) is 17.0 Å². The van der Waals surface area contributed by atoms with Crippen LogP contribution in [0.1, 0.15) is 17.9 Å². The van der Waals surface area contributed by atoms with Crippen LogP contribution in [0.5, 0.6) is 0 Å². The van der Waals surface area contributed by atoms with Gasteiger partial charge in [-0.1, -0.05) is 66.8 Å². The van der Waals surface area contributed by atoms with Crippen LogP contribution in [0.15, 0.2) is 106 Å². The summed E-state index contributed by atoms with van der Waals surface area (Å²) in [6.07, 6.45) is 10.8. The van der Waals surface area contributed by atoms with E-state index in [1.165, 1.54) is 3.97 Å². The van der Waals surface area contributed by atoms with E-state index in [-0.39, 0.29) is 4.90 Å². The molecule has 5 heteroatoms. The lowest BCUT2D eigenvalue weighted by Gasteiger charge is -2.14. The second kappa shape index (κ2) is 7.60. The van der Waals surface area contributed by atoms with Crippen LogP contribution in [0.2, 0.25) is 0 Å². The molecule has 5 rings (SSSR count). The minimum Gasteiger partial charge on any atom is -0.461 e. The number of furan rings is 1. The van der Waals surface area contributed by atoms with E-state index in [4.69, 9.17) is 4.42 Å². The van der Waals surface area contributed by atoms with Crippen LogP contribution in [0.3, 0.4) is 0 Å². The molecule has 0 spiro atoms. The summed E-state index contributed by atoms with van der Waals surface area (Å²) in [6.45, 7) is 1.89. The SMILES string of the molecule is Cc1ccc(-c2c(C3=CC=CCC=C3)n(S(=O)(=O)c3ccccc3)c3ccccc23)o1. The predicted molar refractivity (Wildman–Crippen MR) is 124 cm³/mol. The maximum atomic E-state index is 13.9. The van der Waals surface area contributed by atoms with Crippen LogP contribution in [0, 0.1) is 6.92 Å². The van der Waals surface area contributed by atoms with Crippen LogP contribution < -0.4 is 0 Å². The molecule has 0 amide bonds. The van der Waals surface area contributed by atoms with Gasteiger partial charge in [-0.3, -0.25) is 0 Å². The smallest absolute Gasteiger partial charge is 0.268 e. The minimum atomic E-state index is -3.86. The Morgan fingerprint density at radius 2 is 1.68 bits per heavy atom. The summed E-state index contributed by atoms with van der Waals surface area (Å²) in [7, 11) is -3.86. The highest BCUT2D eigenvalue weighted by atomic mass is 32.2. The molecule has 0 saturated heterocycles. The molecule has 1 aliphatic rings. The van der Waals surface area contributed by atoms with Crippen LogP contribution in [-0.2, 0) is 10.0 Å². The molecular formula is C26H21NO3S. The van der Waals surface area contributed by atoms with Gasteiger partial charge in [0.2, 0.25) is 0 Å². The summed E-state index contributed by atoms with van der Waals surface area (Å²) in [5.41, 5.74) is 2.80. The van der Waals surface area contributed by atoms with Crippen molar-refractivity contribution in [2.75, 3.05) is 0 Å². The second-order valence-corrected chi connectivity index (χ2v) is 9.21. The van der Waals surface area contributed by atoms with Gasteiger partial charge in [-0.05, 0) is 49.2 Å². The maximum Gasteiger partial charge on any atom is 0.268 e. The second-order valence-electron chi connectivity index (χ2n) is 7.42. The molecular weight excluding hydrogens is 406 g/mol. The van der Waals surface area contributed by atoms with Gasteiger partial charge in [0.1, 0.15) is 11.5 Å².